The third-order valence-electron chi connectivity index (χ3n) is 8.40. The second-order valence-electron chi connectivity index (χ2n) is 11.5. The van der Waals surface area contributed by atoms with Gasteiger partial charge in [-0.1, -0.05) is 19.8 Å². The van der Waals surface area contributed by atoms with Crippen molar-refractivity contribution >= 4 is 0 Å². The van der Waals surface area contributed by atoms with Crippen molar-refractivity contribution in [1.29, 1.82) is 0 Å². The van der Waals surface area contributed by atoms with E-state index in [2.05, 4.69) is 0 Å². The fraction of sp³-hybridized carbons (Fsp3) is 0.613. The Morgan fingerprint density at radius 3 is 1.74 bits per heavy atom. The molecule has 0 aromatic heterocycles. The smallest absolute Gasteiger partial charge is 0.317 e. The molecular weight excluding hydrogens is 575 g/mol. The summed E-state index contributed by atoms with van der Waals surface area (Å²) in [4.78, 5) is 0. The number of benzene rings is 2. The topological polar surface area (TPSA) is 18.5 Å². The van der Waals surface area contributed by atoms with Crippen molar-refractivity contribution in [2.75, 3.05) is 0 Å². The van der Waals surface area contributed by atoms with Crippen molar-refractivity contribution in [2.45, 2.75) is 114 Å². The molecule has 11 heteroatoms. The predicted molar refractivity (Wildman–Crippen MR) is 138 cm³/mol. The first-order valence-corrected chi connectivity index (χ1v) is 14.5. The molecule has 0 saturated heterocycles. The Balaban J connectivity index is 1.28. The molecule has 0 radical (unpaired) electrons. The Labute approximate surface area is 239 Å². The maximum Gasteiger partial charge on any atom is 0.389 e. The van der Waals surface area contributed by atoms with Crippen LogP contribution in [-0.2, 0) is 22.0 Å². The summed E-state index contributed by atoms with van der Waals surface area (Å²) in [5.41, 5.74) is -0.957. The number of hydrogen-bond acceptors (Lipinski definition) is 2. The molecule has 0 heterocycles. The zero-order valence-corrected chi connectivity index (χ0v) is 23.3. The summed E-state index contributed by atoms with van der Waals surface area (Å²) in [5.74, 6) is -8.60. The highest BCUT2D eigenvalue weighted by Crippen LogP contribution is 2.44. The molecule has 0 bridgehead atoms. The van der Waals surface area contributed by atoms with Gasteiger partial charge in [0.05, 0.1) is 18.1 Å². The van der Waals surface area contributed by atoms with Gasteiger partial charge in [-0.3, -0.25) is 0 Å². The lowest BCUT2D eigenvalue weighted by Gasteiger charge is -2.37. The number of hydrogen-bond donors (Lipinski definition) is 0. The van der Waals surface area contributed by atoms with Crippen LogP contribution in [0.15, 0.2) is 24.3 Å². The van der Waals surface area contributed by atoms with E-state index in [0.717, 1.165) is 37.1 Å². The second-order valence-corrected chi connectivity index (χ2v) is 11.5. The van der Waals surface area contributed by atoms with Crippen LogP contribution in [-0.4, -0.2) is 18.3 Å². The third kappa shape index (κ3) is 7.81. The summed E-state index contributed by atoms with van der Waals surface area (Å²) < 4.78 is 139. The van der Waals surface area contributed by atoms with E-state index in [-0.39, 0.29) is 55.6 Å². The van der Waals surface area contributed by atoms with Crippen LogP contribution in [0.2, 0.25) is 0 Å². The Morgan fingerprint density at radius 2 is 1.19 bits per heavy atom. The fourth-order valence-electron chi connectivity index (χ4n) is 6.06. The van der Waals surface area contributed by atoms with E-state index in [1.165, 1.54) is 0 Å². The molecule has 234 valence electrons. The lowest BCUT2D eigenvalue weighted by atomic mass is 9.82. The molecule has 2 nitrogen and oxygen atoms in total. The Bertz CT molecular complexity index is 1160. The SMILES string of the molecule is CCCCCc1cc(F)c(C(F)(F)OC2CCC(C(F)(F)OC3CCC(c4cc(F)c(F)c(F)c4)CC3)CC2)c(F)c1. The van der Waals surface area contributed by atoms with E-state index in [4.69, 9.17) is 9.47 Å². The minimum atomic E-state index is -4.28. The highest BCUT2D eigenvalue weighted by molar-refractivity contribution is 5.29. The highest BCUT2D eigenvalue weighted by atomic mass is 19.3. The summed E-state index contributed by atoms with van der Waals surface area (Å²) in [6.45, 7) is 1.96. The van der Waals surface area contributed by atoms with E-state index in [1.807, 2.05) is 6.92 Å². The van der Waals surface area contributed by atoms with Crippen molar-refractivity contribution in [1.82, 2.24) is 0 Å². The lowest BCUT2D eigenvalue weighted by Crippen LogP contribution is -2.40. The Hall–Kier alpha value is -2.27. The molecule has 0 unspecified atom stereocenters. The number of rotatable bonds is 11. The van der Waals surface area contributed by atoms with Gasteiger partial charge < -0.3 is 9.47 Å². The summed E-state index contributed by atoms with van der Waals surface area (Å²) >= 11 is 0. The second kappa shape index (κ2) is 13.6. The molecule has 4 rings (SSSR count). The van der Waals surface area contributed by atoms with Crippen LogP contribution >= 0.6 is 0 Å². The summed E-state index contributed by atoms with van der Waals surface area (Å²) in [7, 11) is 0. The van der Waals surface area contributed by atoms with Gasteiger partial charge in [0.15, 0.2) is 17.5 Å². The van der Waals surface area contributed by atoms with Crippen molar-refractivity contribution in [3.05, 3.63) is 70.0 Å². The van der Waals surface area contributed by atoms with Crippen molar-refractivity contribution in [3.63, 3.8) is 0 Å². The Kier molecular flexibility index (Phi) is 10.5. The molecular formula is C31H35F9O2. The molecule has 0 aliphatic heterocycles. The first-order valence-electron chi connectivity index (χ1n) is 14.5. The van der Waals surface area contributed by atoms with Crippen molar-refractivity contribution in [3.8, 4) is 0 Å². The van der Waals surface area contributed by atoms with Gasteiger partial charge in [-0.15, -0.1) is 0 Å². The minimum Gasteiger partial charge on any atom is -0.317 e. The Morgan fingerprint density at radius 1 is 0.667 bits per heavy atom. The number of halogens is 9. The number of ether oxygens (including phenoxy) is 2. The maximum absolute atomic E-state index is 15.0. The van der Waals surface area contributed by atoms with Gasteiger partial charge in [0.25, 0.3) is 0 Å². The van der Waals surface area contributed by atoms with Gasteiger partial charge in [-0.05, 0) is 106 Å². The normalized spacial score (nSPS) is 23.8. The quantitative estimate of drug-likeness (QED) is 0.143. The van der Waals surface area contributed by atoms with E-state index in [1.54, 1.807) is 0 Å². The first kappa shape index (κ1) is 32.6. The monoisotopic (exact) mass is 610 g/mol. The van der Waals surface area contributed by atoms with Gasteiger partial charge in [0, 0.05) is 0 Å². The van der Waals surface area contributed by atoms with Gasteiger partial charge in [0.2, 0.25) is 0 Å². The van der Waals surface area contributed by atoms with Crippen LogP contribution in [0.3, 0.4) is 0 Å². The molecule has 0 N–H and O–H groups in total. The zero-order chi connectivity index (χ0) is 30.7. The van der Waals surface area contributed by atoms with Crippen LogP contribution < -0.4 is 0 Å². The van der Waals surface area contributed by atoms with E-state index >= 15 is 0 Å². The molecule has 2 aliphatic carbocycles. The van der Waals surface area contributed by atoms with Gasteiger partial charge >= 0.3 is 12.2 Å². The summed E-state index contributed by atoms with van der Waals surface area (Å²) in [6.07, 6.45) is -6.81. The molecule has 2 aromatic carbocycles. The van der Waals surface area contributed by atoms with Gasteiger partial charge in [-0.2, -0.15) is 17.6 Å². The summed E-state index contributed by atoms with van der Waals surface area (Å²) in [5, 5.41) is 0. The van der Waals surface area contributed by atoms with Crippen molar-refractivity contribution in [2.24, 2.45) is 5.92 Å². The molecule has 2 saturated carbocycles. The number of unbranched alkanes of at least 4 members (excludes halogenated alkanes) is 2. The molecule has 2 aliphatic rings. The molecule has 0 spiro atoms. The van der Waals surface area contributed by atoms with Crippen LogP contribution in [0.5, 0.6) is 0 Å². The van der Waals surface area contributed by atoms with Crippen LogP contribution in [0.1, 0.15) is 100 Å². The van der Waals surface area contributed by atoms with Crippen LogP contribution in [0, 0.1) is 35.0 Å². The van der Waals surface area contributed by atoms with E-state index in [0.29, 0.717) is 25.7 Å². The largest absolute Gasteiger partial charge is 0.389 e. The molecule has 0 amide bonds. The lowest BCUT2D eigenvalue weighted by molar-refractivity contribution is -0.311. The molecule has 0 atom stereocenters. The van der Waals surface area contributed by atoms with Gasteiger partial charge in [-0.25, -0.2) is 22.0 Å². The standard InChI is InChI=1S/C31H35F9O2/c1-2-3-4-5-18-14-24(32)28(25(33)15-18)31(39,40)42-23-12-8-21(9-13-23)30(37,38)41-22-10-6-19(7-11-22)20-16-26(34)29(36)27(35)17-20/h14-17,19,21-23H,2-13H2,1H3. The maximum atomic E-state index is 15.0. The van der Waals surface area contributed by atoms with E-state index < -0.39 is 65.0 Å². The summed E-state index contributed by atoms with van der Waals surface area (Å²) in [6, 6.07) is 3.58. The zero-order valence-electron chi connectivity index (χ0n) is 23.3. The van der Waals surface area contributed by atoms with Crippen LogP contribution in [0.25, 0.3) is 0 Å². The fourth-order valence-corrected chi connectivity index (χ4v) is 6.06. The predicted octanol–water partition coefficient (Wildman–Crippen LogP) is 10.1. The molecule has 2 aromatic rings. The van der Waals surface area contributed by atoms with E-state index in [9.17, 15) is 39.5 Å². The van der Waals surface area contributed by atoms with Crippen LogP contribution in [0.4, 0.5) is 39.5 Å². The number of alkyl halides is 4. The van der Waals surface area contributed by atoms with Gasteiger partial charge in [0.1, 0.15) is 17.2 Å². The van der Waals surface area contributed by atoms with Crippen molar-refractivity contribution < 1.29 is 49.0 Å². The minimum absolute atomic E-state index is 0.175. The highest BCUT2D eigenvalue weighted by Gasteiger charge is 2.47. The average molecular weight is 611 g/mol. The third-order valence-corrected chi connectivity index (χ3v) is 8.40. The molecule has 42 heavy (non-hydrogen) atoms. The average Bonchev–Trinajstić information content (AvgIpc) is 2.91. The molecule has 2 fully saturated rings. The first-order chi connectivity index (χ1) is 19.8. The number of aryl methyl sites for hydroxylation is 1.